The Morgan fingerprint density at radius 3 is 2.85 bits per heavy atom. The van der Waals surface area contributed by atoms with Gasteiger partial charge < -0.3 is 10.8 Å². The van der Waals surface area contributed by atoms with Crippen molar-refractivity contribution in [1.82, 2.24) is 0 Å². The number of nitrogens with two attached hydrogens (primary N) is 1. The number of benzene rings is 1. The molecule has 13 heavy (non-hydrogen) atoms. The molecule has 0 saturated heterocycles. The Morgan fingerprint density at radius 2 is 2.23 bits per heavy atom. The molecule has 0 radical (unpaired) electrons. The highest BCUT2D eigenvalue weighted by atomic mass is 16.3. The number of phenolic OH excluding ortho intramolecular Hbond substituents is 1. The third-order valence-corrected chi connectivity index (χ3v) is 1.76. The van der Waals surface area contributed by atoms with Crippen molar-refractivity contribution >= 4 is 6.21 Å². The lowest BCUT2D eigenvalue weighted by atomic mass is 10.2. The van der Waals surface area contributed by atoms with Crippen LogP contribution < -0.4 is 5.73 Å². The maximum Gasteiger partial charge on any atom is 0.124 e. The van der Waals surface area contributed by atoms with E-state index in [1.165, 1.54) is 0 Å². The Hall–Kier alpha value is -1.35. The van der Waals surface area contributed by atoms with Crippen LogP contribution in [0.2, 0.25) is 0 Å². The first-order chi connectivity index (χ1) is 6.24. The van der Waals surface area contributed by atoms with Crippen LogP contribution in [0.4, 0.5) is 0 Å². The monoisotopic (exact) mass is 178 g/mol. The van der Waals surface area contributed by atoms with E-state index in [9.17, 15) is 5.11 Å². The largest absolute Gasteiger partial charge is 0.507 e. The lowest BCUT2D eigenvalue weighted by Gasteiger charge is -2.01. The molecule has 0 heterocycles. The van der Waals surface area contributed by atoms with Gasteiger partial charge in [-0.25, -0.2) is 0 Å². The van der Waals surface area contributed by atoms with Gasteiger partial charge in [-0.15, -0.1) is 0 Å². The van der Waals surface area contributed by atoms with Gasteiger partial charge in [0, 0.05) is 11.8 Å². The van der Waals surface area contributed by atoms with Gasteiger partial charge in [0.1, 0.15) is 5.75 Å². The average Bonchev–Trinajstić information content (AvgIpc) is 2.16. The molecular formula is C10H14N2O. The van der Waals surface area contributed by atoms with Crippen LogP contribution in [0.5, 0.6) is 5.75 Å². The van der Waals surface area contributed by atoms with Crippen LogP contribution in [-0.4, -0.2) is 17.5 Å². The Labute approximate surface area is 77.9 Å². The third kappa shape index (κ3) is 2.87. The van der Waals surface area contributed by atoms with Crippen molar-refractivity contribution in [2.24, 2.45) is 10.7 Å². The summed E-state index contributed by atoms with van der Waals surface area (Å²) in [4.78, 5) is 4.07. The molecule has 70 valence electrons. The molecule has 0 saturated carbocycles. The predicted octanol–water partition coefficient (Wildman–Crippen LogP) is 1.51. The van der Waals surface area contributed by atoms with Gasteiger partial charge in [-0.05, 0) is 18.6 Å². The van der Waals surface area contributed by atoms with Crippen LogP contribution in [0.15, 0.2) is 29.3 Å². The second-order valence-electron chi connectivity index (χ2n) is 2.81. The van der Waals surface area contributed by atoms with Crippen molar-refractivity contribution in [3.8, 4) is 5.75 Å². The third-order valence-electron chi connectivity index (χ3n) is 1.76. The van der Waals surface area contributed by atoms with Gasteiger partial charge in [0.05, 0.1) is 6.17 Å². The quantitative estimate of drug-likeness (QED) is 0.689. The zero-order valence-electron chi connectivity index (χ0n) is 7.64. The summed E-state index contributed by atoms with van der Waals surface area (Å²) in [6, 6.07) is 7.03. The van der Waals surface area contributed by atoms with Gasteiger partial charge in [0.2, 0.25) is 0 Å². The summed E-state index contributed by atoms with van der Waals surface area (Å²) in [5, 5.41) is 9.36. The first-order valence-electron chi connectivity index (χ1n) is 4.30. The Bertz CT molecular complexity index is 297. The number of hydrogen-bond acceptors (Lipinski definition) is 3. The van der Waals surface area contributed by atoms with Gasteiger partial charge in [-0.2, -0.15) is 0 Å². The van der Waals surface area contributed by atoms with Crippen LogP contribution in [0, 0.1) is 0 Å². The number of hydrogen-bond donors (Lipinski definition) is 2. The van der Waals surface area contributed by atoms with Crippen LogP contribution in [0.1, 0.15) is 18.9 Å². The van der Waals surface area contributed by atoms with Gasteiger partial charge in [-0.1, -0.05) is 19.1 Å². The number of nitrogens with zero attached hydrogens (tertiary/aromatic N) is 1. The zero-order valence-corrected chi connectivity index (χ0v) is 7.64. The topological polar surface area (TPSA) is 58.6 Å². The Kier molecular flexibility index (Phi) is 3.46. The molecule has 0 aliphatic carbocycles. The molecule has 0 amide bonds. The molecule has 0 spiro atoms. The molecule has 0 fully saturated rings. The summed E-state index contributed by atoms with van der Waals surface area (Å²) in [7, 11) is 0. The fourth-order valence-corrected chi connectivity index (χ4v) is 0.878. The highest BCUT2D eigenvalue weighted by molar-refractivity contribution is 5.83. The van der Waals surface area contributed by atoms with E-state index in [1.54, 1.807) is 24.4 Å². The fourth-order valence-electron chi connectivity index (χ4n) is 0.878. The van der Waals surface area contributed by atoms with E-state index in [1.807, 2.05) is 13.0 Å². The van der Waals surface area contributed by atoms with E-state index >= 15 is 0 Å². The van der Waals surface area contributed by atoms with E-state index in [-0.39, 0.29) is 11.9 Å². The molecule has 3 heteroatoms. The minimum atomic E-state index is -0.181. The summed E-state index contributed by atoms with van der Waals surface area (Å²) in [6.45, 7) is 1.97. The van der Waals surface area contributed by atoms with E-state index in [0.717, 1.165) is 6.42 Å². The van der Waals surface area contributed by atoms with Gasteiger partial charge in [0.15, 0.2) is 0 Å². The van der Waals surface area contributed by atoms with Crippen molar-refractivity contribution in [1.29, 1.82) is 0 Å². The molecule has 1 aromatic carbocycles. The van der Waals surface area contributed by atoms with E-state index < -0.39 is 0 Å². The lowest BCUT2D eigenvalue weighted by molar-refractivity contribution is 0.474. The summed E-state index contributed by atoms with van der Waals surface area (Å²) >= 11 is 0. The van der Waals surface area contributed by atoms with Crippen molar-refractivity contribution in [3.05, 3.63) is 29.8 Å². The second kappa shape index (κ2) is 4.62. The predicted molar refractivity (Wildman–Crippen MR) is 54.0 cm³/mol. The molecule has 0 aromatic heterocycles. The standard InChI is InChI=1S/C10H14N2O/c1-2-10(11)12-7-8-5-3-4-6-9(8)13/h3-7,10,13H,2,11H2,1H3. The van der Waals surface area contributed by atoms with Gasteiger partial charge >= 0.3 is 0 Å². The smallest absolute Gasteiger partial charge is 0.124 e. The molecule has 1 atom stereocenters. The normalized spacial score (nSPS) is 13.4. The minimum absolute atomic E-state index is 0.181. The highest BCUT2D eigenvalue weighted by Gasteiger charge is 1.96. The highest BCUT2D eigenvalue weighted by Crippen LogP contribution is 2.12. The van der Waals surface area contributed by atoms with Crippen molar-refractivity contribution in [3.63, 3.8) is 0 Å². The maximum absolute atomic E-state index is 9.36. The van der Waals surface area contributed by atoms with Crippen LogP contribution in [0.3, 0.4) is 0 Å². The van der Waals surface area contributed by atoms with Crippen LogP contribution >= 0.6 is 0 Å². The van der Waals surface area contributed by atoms with E-state index in [2.05, 4.69) is 4.99 Å². The van der Waals surface area contributed by atoms with E-state index in [4.69, 9.17) is 5.73 Å². The molecule has 3 N–H and O–H groups in total. The molecule has 1 unspecified atom stereocenters. The van der Waals surface area contributed by atoms with Crippen molar-refractivity contribution in [2.75, 3.05) is 0 Å². The molecule has 0 bridgehead atoms. The number of aromatic hydroxyl groups is 1. The first-order valence-corrected chi connectivity index (χ1v) is 4.30. The van der Waals surface area contributed by atoms with Gasteiger partial charge in [-0.3, -0.25) is 4.99 Å². The van der Waals surface area contributed by atoms with Gasteiger partial charge in [0.25, 0.3) is 0 Å². The Morgan fingerprint density at radius 1 is 1.54 bits per heavy atom. The summed E-state index contributed by atoms with van der Waals surface area (Å²) in [6.07, 6.45) is 2.22. The average molecular weight is 178 g/mol. The van der Waals surface area contributed by atoms with Crippen molar-refractivity contribution in [2.45, 2.75) is 19.5 Å². The zero-order chi connectivity index (χ0) is 9.68. The SMILES string of the molecule is CCC(N)N=Cc1ccccc1O. The summed E-state index contributed by atoms with van der Waals surface area (Å²) < 4.78 is 0. The summed E-state index contributed by atoms with van der Waals surface area (Å²) in [5.41, 5.74) is 6.29. The van der Waals surface area contributed by atoms with Crippen molar-refractivity contribution < 1.29 is 5.11 Å². The lowest BCUT2D eigenvalue weighted by Crippen LogP contribution is -2.15. The number of para-hydroxylation sites is 1. The molecule has 3 nitrogen and oxygen atoms in total. The number of aliphatic imine (C=N–C) groups is 1. The molecular weight excluding hydrogens is 164 g/mol. The molecule has 0 aliphatic heterocycles. The van der Waals surface area contributed by atoms with E-state index in [0.29, 0.717) is 5.56 Å². The number of phenols is 1. The molecule has 1 aromatic rings. The first kappa shape index (κ1) is 9.74. The Balaban J connectivity index is 2.74. The molecule has 0 aliphatic rings. The van der Waals surface area contributed by atoms with Crippen LogP contribution in [-0.2, 0) is 0 Å². The van der Waals surface area contributed by atoms with Crippen LogP contribution in [0.25, 0.3) is 0 Å². The molecule has 1 rings (SSSR count). The maximum atomic E-state index is 9.36. The fraction of sp³-hybridized carbons (Fsp3) is 0.300. The number of rotatable bonds is 3. The summed E-state index contributed by atoms with van der Waals surface area (Å²) in [5.74, 6) is 0.231. The minimum Gasteiger partial charge on any atom is -0.507 e. The second-order valence-corrected chi connectivity index (χ2v) is 2.81.